The van der Waals surface area contributed by atoms with Gasteiger partial charge in [-0.1, -0.05) is 5.16 Å². The van der Waals surface area contributed by atoms with Crippen LogP contribution < -0.4 is 5.73 Å². The molecule has 16 heavy (non-hydrogen) atoms. The van der Waals surface area contributed by atoms with E-state index in [2.05, 4.69) is 10.1 Å². The van der Waals surface area contributed by atoms with E-state index in [1.54, 1.807) is 13.8 Å². The summed E-state index contributed by atoms with van der Waals surface area (Å²) in [6.45, 7) is 4.78. The maximum absolute atomic E-state index is 11.2. The van der Waals surface area contributed by atoms with Crippen molar-refractivity contribution in [3.05, 3.63) is 11.7 Å². The summed E-state index contributed by atoms with van der Waals surface area (Å²) in [4.78, 5) is 16.8. The van der Waals surface area contributed by atoms with Crippen LogP contribution in [0.5, 0.6) is 0 Å². The third-order valence-electron chi connectivity index (χ3n) is 2.22. The molecule has 0 aliphatic carbocycles. The molecule has 0 aromatic carbocycles. The maximum atomic E-state index is 11.2. The number of amides is 1. The summed E-state index contributed by atoms with van der Waals surface area (Å²) in [5, 5.41) is 3.76. The summed E-state index contributed by atoms with van der Waals surface area (Å²) < 4.78 is 9.80. The lowest BCUT2D eigenvalue weighted by Crippen LogP contribution is -2.30. The summed E-state index contributed by atoms with van der Waals surface area (Å²) in [6, 6.07) is 0. The molecule has 7 nitrogen and oxygen atoms in total. The van der Waals surface area contributed by atoms with Crippen LogP contribution in [0.25, 0.3) is 0 Å². The lowest BCUT2D eigenvalue weighted by molar-refractivity contribution is 0.154. The number of rotatable bonds is 3. The van der Waals surface area contributed by atoms with Gasteiger partial charge in [-0.3, -0.25) is 4.90 Å². The summed E-state index contributed by atoms with van der Waals surface area (Å²) in [5.41, 5.74) is 5.17. The smallest absolute Gasteiger partial charge is 0.410 e. The number of cyclic esters (lactones) is 1. The third kappa shape index (κ3) is 2.13. The van der Waals surface area contributed by atoms with E-state index < -0.39 is 5.54 Å². The highest BCUT2D eigenvalue weighted by Gasteiger charge is 2.26. The minimum atomic E-state index is -0.646. The average Bonchev–Trinajstić information content (AvgIpc) is 2.76. The zero-order valence-corrected chi connectivity index (χ0v) is 9.27. The van der Waals surface area contributed by atoms with E-state index in [0.29, 0.717) is 24.9 Å². The molecule has 0 radical (unpaired) electrons. The lowest BCUT2D eigenvalue weighted by Gasteiger charge is -2.11. The lowest BCUT2D eigenvalue weighted by atomic mass is 10.1. The molecule has 1 aromatic heterocycles. The van der Waals surface area contributed by atoms with Gasteiger partial charge in [-0.05, 0) is 13.8 Å². The molecule has 1 aliphatic heterocycles. The molecule has 1 saturated heterocycles. The van der Waals surface area contributed by atoms with E-state index in [4.69, 9.17) is 15.0 Å². The monoisotopic (exact) mass is 226 g/mol. The zero-order chi connectivity index (χ0) is 11.8. The Hall–Kier alpha value is -1.63. The number of aromatic nitrogens is 2. The van der Waals surface area contributed by atoms with Gasteiger partial charge in [0.15, 0.2) is 5.82 Å². The molecule has 1 aromatic rings. The van der Waals surface area contributed by atoms with Crippen molar-refractivity contribution < 1.29 is 14.1 Å². The van der Waals surface area contributed by atoms with Gasteiger partial charge in [0.25, 0.3) is 0 Å². The second kappa shape index (κ2) is 3.75. The molecule has 1 amide bonds. The number of hydrogen-bond acceptors (Lipinski definition) is 6. The fourth-order valence-electron chi connectivity index (χ4n) is 1.31. The first-order valence-corrected chi connectivity index (χ1v) is 5.00. The molecule has 2 N–H and O–H groups in total. The van der Waals surface area contributed by atoms with Crippen LogP contribution >= 0.6 is 0 Å². The minimum absolute atomic E-state index is 0.266. The van der Waals surface area contributed by atoms with Crippen molar-refractivity contribution in [1.29, 1.82) is 0 Å². The van der Waals surface area contributed by atoms with Gasteiger partial charge in [0, 0.05) is 0 Å². The van der Waals surface area contributed by atoms with Crippen LogP contribution in [0.15, 0.2) is 4.52 Å². The molecular weight excluding hydrogens is 212 g/mol. The average molecular weight is 226 g/mol. The van der Waals surface area contributed by atoms with E-state index in [9.17, 15) is 4.79 Å². The van der Waals surface area contributed by atoms with Gasteiger partial charge < -0.3 is 15.0 Å². The molecule has 0 spiro atoms. The molecule has 7 heteroatoms. The predicted molar refractivity (Wildman–Crippen MR) is 53.3 cm³/mol. The molecular formula is C9H14N4O3. The van der Waals surface area contributed by atoms with Crippen molar-refractivity contribution >= 4 is 6.09 Å². The summed E-state index contributed by atoms with van der Waals surface area (Å²) in [6.07, 6.45) is -0.355. The fraction of sp³-hybridized carbons (Fsp3) is 0.667. The molecule has 1 aliphatic rings. The Labute approximate surface area is 92.5 Å². The van der Waals surface area contributed by atoms with Crippen molar-refractivity contribution in [3.63, 3.8) is 0 Å². The first-order chi connectivity index (χ1) is 7.47. The Morgan fingerprint density at radius 2 is 2.31 bits per heavy atom. The Morgan fingerprint density at radius 3 is 2.81 bits per heavy atom. The van der Waals surface area contributed by atoms with E-state index in [-0.39, 0.29) is 12.6 Å². The highest BCUT2D eigenvalue weighted by molar-refractivity contribution is 5.69. The Kier molecular flexibility index (Phi) is 2.55. The Bertz CT molecular complexity index is 396. The number of carbonyl (C=O) groups excluding carboxylic acids is 1. The first-order valence-electron chi connectivity index (χ1n) is 5.00. The quantitative estimate of drug-likeness (QED) is 0.792. The maximum Gasteiger partial charge on any atom is 0.410 e. The van der Waals surface area contributed by atoms with Crippen molar-refractivity contribution in [2.24, 2.45) is 5.73 Å². The minimum Gasteiger partial charge on any atom is -0.448 e. The number of hydrogen-bond donors (Lipinski definition) is 1. The van der Waals surface area contributed by atoms with Gasteiger partial charge in [0.2, 0.25) is 5.89 Å². The van der Waals surface area contributed by atoms with Crippen LogP contribution in [0.2, 0.25) is 0 Å². The van der Waals surface area contributed by atoms with Crippen LogP contribution in [0, 0.1) is 0 Å². The predicted octanol–water partition coefficient (Wildman–Crippen LogP) is 0.216. The van der Waals surface area contributed by atoms with Crippen molar-refractivity contribution in [2.75, 3.05) is 13.2 Å². The van der Waals surface area contributed by atoms with Crippen molar-refractivity contribution in [1.82, 2.24) is 15.0 Å². The Morgan fingerprint density at radius 1 is 1.56 bits per heavy atom. The van der Waals surface area contributed by atoms with Crippen LogP contribution in [0.3, 0.4) is 0 Å². The number of nitrogens with two attached hydrogens (primary N) is 1. The summed E-state index contributed by atoms with van der Waals surface area (Å²) in [5.74, 6) is 0.794. The van der Waals surface area contributed by atoms with Gasteiger partial charge in [-0.25, -0.2) is 4.79 Å². The van der Waals surface area contributed by atoms with Crippen LogP contribution in [-0.2, 0) is 16.8 Å². The van der Waals surface area contributed by atoms with Crippen LogP contribution in [-0.4, -0.2) is 34.3 Å². The number of nitrogens with zero attached hydrogens (tertiary/aromatic N) is 3. The second-order valence-corrected chi connectivity index (χ2v) is 4.27. The molecule has 2 heterocycles. The highest BCUT2D eigenvalue weighted by Crippen LogP contribution is 2.14. The van der Waals surface area contributed by atoms with E-state index in [0.717, 1.165) is 0 Å². The van der Waals surface area contributed by atoms with Gasteiger partial charge >= 0.3 is 6.09 Å². The summed E-state index contributed by atoms with van der Waals surface area (Å²) >= 11 is 0. The zero-order valence-electron chi connectivity index (χ0n) is 9.27. The number of carbonyl (C=O) groups is 1. The molecule has 88 valence electrons. The third-order valence-corrected chi connectivity index (χ3v) is 2.22. The van der Waals surface area contributed by atoms with E-state index in [1.807, 2.05) is 0 Å². The molecule has 0 atom stereocenters. The second-order valence-electron chi connectivity index (χ2n) is 4.27. The number of ether oxygens (including phenoxy) is 1. The Balaban J connectivity index is 2.05. The van der Waals surface area contributed by atoms with Gasteiger partial charge in [0.1, 0.15) is 13.2 Å². The van der Waals surface area contributed by atoms with Gasteiger partial charge in [-0.15, -0.1) is 0 Å². The highest BCUT2D eigenvalue weighted by atomic mass is 16.6. The topological polar surface area (TPSA) is 94.5 Å². The SMILES string of the molecule is CC(C)(N)c1noc(CN2CCOC2=O)n1. The van der Waals surface area contributed by atoms with E-state index in [1.165, 1.54) is 4.90 Å². The van der Waals surface area contributed by atoms with Crippen LogP contribution in [0.1, 0.15) is 25.6 Å². The normalized spacial score (nSPS) is 16.7. The molecule has 0 bridgehead atoms. The van der Waals surface area contributed by atoms with Gasteiger partial charge in [0.05, 0.1) is 12.1 Å². The largest absolute Gasteiger partial charge is 0.448 e. The van der Waals surface area contributed by atoms with Crippen molar-refractivity contribution in [2.45, 2.75) is 25.9 Å². The molecule has 0 unspecified atom stereocenters. The molecule has 1 fully saturated rings. The first kappa shape index (κ1) is 10.9. The fourth-order valence-corrected chi connectivity index (χ4v) is 1.31. The van der Waals surface area contributed by atoms with Crippen LogP contribution in [0.4, 0.5) is 4.79 Å². The van der Waals surface area contributed by atoms with Gasteiger partial charge in [-0.2, -0.15) is 4.98 Å². The van der Waals surface area contributed by atoms with E-state index >= 15 is 0 Å². The van der Waals surface area contributed by atoms with Crippen molar-refractivity contribution in [3.8, 4) is 0 Å². The molecule has 2 rings (SSSR count). The standard InChI is InChI=1S/C9H14N4O3/c1-9(2,10)7-11-6(16-12-7)5-13-3-4-15-8(13)14/h3-5,10H2,1-2H3. The summed E-state index contributed by atoms with van der Waals surface area (Å²) in [7, 11) is 0. The molecule has 0 saturated carbocycles.